The fraction of sp³-hybridized carbons (Fsp3) is 0.250. The summed E-state index contributed by atoms with van der Waals surface area (Å²) in [4.78, 5) is 36.9. The fourth-order valence-corrected chi connectivity index (χ4v) is 3.42. The molecular weight excluding hydrogens is 364 g/mol. The molecule has 3 amide bonds. The molecule has 0 aromatic heterocycles. The van der Waals surface area contributed by atoms with E-state index in [0.717, 1.165) is 10.5 Å². The van der Waals surface area contributed by atoms with E-state index >= 15 is 0 Å². The topological polar surface area (TPSA) is 98.5 Å². The number of ether oxygens (including phenoxy) is 1. The van der Waals surface area contributed by atoms with Crippen LogP contribution in [-0.2, 0) is 14.3 Å². The molecule has 3 N–H and O–H groups in total. The maximum atomic E-state index is 12.9. The number of nitrogens with two attached hydrogens (primary N) is 1. The van der Waals surface area contributed by atoms with Gasteiger partial charge in [-0.05, 0) is 23.6 Å². The molecule has 0 aliphatic heterocycles. The van der Waals surface area contributed by atoms with Crippen molar-refractivity contribution in [2.75, 3.05) is 0 Å². The van der Waals surface area contributed by atoms with Gasteiger partial charge < -0.3 is 10.5 Å². The quantitative estimate of drug-likeness (QED) is 0.562. The Balaban J connectivity index is 2.24. The smallest absolute Gasteiger partial charge is 0.324 e. The van der Waals surface area contributed by atoms with Gasteiger partial charge in [0.15, 0.2) is 6.10 Å². The Labute approximate surface area is 162 Å². The Hall–Kier alpha value is -2.80. The van der Waals surface area contributed by atoms with Gasteiger partial charge in [-0.2, -0.15) is 0 Å². The lowest BCUT2D eigenvalue weighted by Gasteiger charge is -2.23. The van der Waals surface area contributed by atoms with Crippen LogP contribution in [0.25, 0.3) is 0 Å². The number of benzene rings is 2. The normalized spacial score (nSPS) is 12.9. The van der Waals surface area contributed by atoms with Crippen LogP contribution >= 0.6 is 11.8 Å². The van der Waals surface area contributed by atoms with Crippen LogP contribution in [0.5, 0.6) is 0 Å². The second-order valence-electron chi connectivity index (χ2n) is 6.18. The standard InChI is InChI=1S/C20H22N2O4S/c1-13(2)16(18(23)22-20(21)25)26-19(24)17(14-9-5-3-6-10-14)27-15-11-7-4-8-12-15/h3-13,16-17H,1-2H3,(H3,21,22,23,25)/t16-,17+/m1/s1. The van der Waals surface area contributed by atoms with E-state index in [1.54, 1.807) is 13.8 Å². The van der Waals surface area contributed by atoms with Gasteiger partial charge in [0.1, 0.15) is 5.25 Å². The number of esters is 1. The first-order valence-electron chi connectivity index (χ1n) is 8.46. The molecule has 2 rings (SSSR count). The molecule has 0 fully saturated rings. The van der Waals surface area contributed by atoms with Crippen molar-refractivity contribution in [1.29, 1.82) is 0 Å². The van der Waals surface area contributed by atoms with Crippen LogP contribution in [0.15, 0.2) is 65.6 Å². The number of urea groups is 1. The van der Waals surface area contributed by atoms with Gasteiger partial charge in [0.05, 0.1) is 0 Å². The van der Waals surface area contributed by atoms with Crippen LogP contribution in [0.2, 0.25) is 0 Å². The Bertz CT molecular complexity index is 781. The first-order chi connectivity index (χ1) is 12.9. The minimum atomic E-state index is -1.12. The molecule has 7 heteroatoms. The number of carbonyl (C=O) groups excluding carboxylic acids is 3. The maximum absolute atomic E-state index is 12.9. The van der Waals surface area contributed by atoms with Crippen LogP contribution in [0, 0.1) is 5.92 Å². The molecule has 0 aliphatic carbocycles. The zero-order valence-electron chi connectivity index (χ0n) is 15.1. The van der Waals surface area contributed by atoms with Crippen molar-refractivity contribution < 1.29 is 19.1 Å². The highest BCUT2D eigenvalue weighted by Gasteiger charge is 2.32. The second-order valence-corrected chi connectivity index (χ2v) is 7.36. The van der Waals surface area contributed by atoms with E-state index < -0.39 is 29.3 Å². The monoisotopic (exact) mass is 386 g/mol. The highest BCUT2D eigenvalue weighted by Crippen LogP contribution is 2.36. The number of hydrogen-bond acceptors (Lipinski definition) is 5. The van der Waals surface area contributed by atoms with Gasteiger partial charge in [0, 0.05) is 4.90 Å². The molecule has 0 aliphatic rings. The number of nitrogens with one attached hydrogen (secondary N) is 1. The number of imide groups is 1. The van der Waals surface area contributed by atoms with E-state index in [2.05, 4.69) is 0 Å². The van der Waals surface area contributed by atoms with Crippen molar-refractivity contribution in [2.24, 2.45) is 11.7 Å². The van der Waals surface area contributed by atoms with Crippen molar-refractivity contribution in [3.8, 4) is 0 Å². The molecule has 0 spiro atoms. The number of hydrogen-bond donors (Lipinski definition) is 2. The van der Waals surface area contributed by atoms with E-state index in [1.807, 2.05) is 66.0 Å². The number of carbonyl (C=O) groups is 3. The molecule has 142 valence electrons. The third-order valence-electron chi connectivity index (χ3n) is 3.67. The lowest BCUT2D eigenvalue weighted by molar-refractivity contribution is -0.157. The Morgan fingerprint density at radius 3 is 2.04 bits per heavy atom. The Kier molecular flexibility index (Phi) is 7.43. The van der Waals surface area contributed by atoms with E-state index in [1.165, 1.54) is 11.8 Å². The maximum Gasteiger partial charge on any atom is 0.324 e. The van der Waals surface area contributed by atoms with Crippen LogP contribution in [0.4, 0.5) is 4.79 Å². The zero-order chi connectivity index (χ0) is 19.8. The van der Waals surface area contributed by atoms with E-state index in [0.29, 0.717) is 0 Å². The van der Waals surface area contributed by atoms with Crippen molar-refractivity contribution >= 4 is 29.7 Å². The van der Waals surface area contributed by atoms with Crippen LogP contribution in [0.1, 0.15) is 24.7 Å². The van der Waals surface area contributed by atoms with Crippen molar-refractivity contribution in [2.45, 2.75) is 30.1 Å². The van der Waals surface area contributed by atoms with Crippen LogP contribution in [-0.4, -0.2) is 24.0 Å². The van der Waals surface area contributed by atoms with Gasteiger partial charge in [-0.15, -0.1) is 11.8 Å². The lowest BCUT2D eigenvalue weighted by atomic mass is 10.1. The molecule has 0 heterocycles. The SMILES string of the molecule is CC(C)[C@@H](OC(=O)[C@@H](Sc1ccccc1)c1ccccc1)C(=O)NC(N)=O. The second kappa shape index (κ2) is 9.78. The number of primary amides is 1. The molecule has 2 aromatic carbocycles. The molecule has 0 saturated heterocycles. The van der Waals surface area contributed by atoms with Gasteiger partial charge in [-0.3, -0.25) is 14.9 Å². The van der Waals surface area contributed by atoms with Crippen molar-refractivity contribution in [3.05, 3.63) is 66.2 Å². The van der Waals surface area contributed by atoms with Crippen molar-refractivity contribution in [3.63, 3.8) is 0 Å². The van der Waals surface area contributed by atoms with Gasteiger partial charge >= 0.3 is 12.0 Å². The molecule has 0 saturated carbocycles. The van der Waals surface area contributed by atoms with Gasteiger partial charge in [-0.1, -0.05) is 62.4 Å². The summed E-state index contributed by atoms with van der Waals surface area (Å²) in [5.41, 5.74) is 5.76. The third kappa shape index (κ3) is 6.14. The summed E-state index contributed by atoms with van der Waals surface area (Å²) in [6, 6.07) is 17.6. The predicted molar refractivity (Wildman–Crippen MR) is 104 cm³/mol. The van der Waals surface area contributed by atoms with E-state index in [9.17, 15) is 14.4 Å². The van der Waals surface area contributed by atoms with Crippen LogP contribution in [0.3, 0.4) is 0 Å². The summed E-state index contributed by atoms with van der Waals surface area (Å²) >= 11 is 1.33. The van der Waals surface area contributed by atoms with Crippen LogP contribution < -0.4 is 11.1 Å². The lowest BCUT2D eigenvalue weighted by Crippen LogP contribution is -2.46. The molecule has 2 atom stereocenters. The average molecular weight is 386 g/mol. The highest BCUT2D eigenvalue weighted by atomic mass is 32.2. The summed E-state index contributed by atoms with van der Waals surface area (Å²) in [6.45, 7) is 3.45. The summed E-state index contributed by atoms with van der Waals surface area (Å²) < 4.78 is 5.48. The van der Waals surface area contributed by atoms with Gasteiger partial charge in [0.2, 0.25) is 0 Å². The first kappa shape index (κ1) is 20.5. The molecule has 0 bridgehead atoms. The van der Waals surface area contributed by atoms with Gasteiger partial charge in [0.25, 0.3) is 5.91 Å². The summed E-state index contributed by atoms with van der Waals surface area (Å²) in [6.07, 6.45) is -1.12. The summed E-state index contributed by atoms with van der Waals surface area (Å²) in [5.74, 6) is -1.62. The Morgan fingerprint density at radius 1 is 0.963 bits per heavy atom. The number of amides is 3. The molecular formula is C20H22N2O4S. The molecule has 2 aromatic rings. The predicted octanol–water partition coefficient (Wildman–Crippen LogP) is 3.28. The summed E-state index contributed by atoms with van der Waals surface area (Å²) in [7, 11) is 0. The molecule has 0 radical (unpaired) electrons. The fourth-order valence-electron chi connectivity index (χ4n) is 2.39. The third-order valence-corrected chi connectivity index (χ3v) is 4.91. The minimum absolute atomic E-state index is 0.327. The summed E-state index contributed by atoms with van der Waals surface area (Å²) in [5, 5.41) is 1.32. The van der Waals surface area contributed by atoms with Crippen molar-refractivity contribution in [1.82, 2.24) is 5.32 Å². The Morgan fingerprint density at radius 2 is 1.52 bits per heavy atom. The number of rotatable bonds is 7. The minimum Gasteiger partial charge on any atom is -0.451 e. The largest absolute Gasteiger partial charge is 0.451 e. The number of thioether (sulfide) groups is 1. The average Bonchev–Trinajstić information content (AvgIpc) is 2.64. The first-order valence-corrected chi connectivity index (χ1v) is 9.34. The molecule has 27 heavy (non-hydrogen) atoms. The van der Waals surface area contributed by atoms with Gasteiger partial charge in [-0.25, -0.2) is 4.79 Å². The highest BCUT2D eigenvalue weighted by molar-refractivity contribution is 8.00. The molecule has 0 unspecified atom stereocenters. The van der Waals surface area contributed by atoms with E-state index in [4.69, 9.17) is 10.5 Å². The molecule has 6 nitrogen and oxygen atoms in total. The van der Waals surface area contributed by atoms with E-state index in [-0.39, 0.29) is 5.92 Å². The zero-order valence-corrected chi connectivity index (χ0v) is 15.9.